The summed E-state index contributed by atoms with van der Waals surface area (Å²) in [5, 5.41) is 3.47. The van der Waals surface area contributed by atoms with E-state index in [0.29, 0.717) is 19.0 Å². The van der Waals surface area contributed by atoms with Crippen molar-refractivity contribution >= 4 is 17.2 Å². The van der Waals surface area contributed by atoms with Crippen molar-refractivity contribution in [3.05, 3.63) is 60.5 Å². The van der Waals surface area contributed by atoms with Crippen molar-refractivity contribution in [1.29, 1.82) is 0 Å². The Morgan fingerprint density at radius 1 is 1.04 bits per heavy atom. The Bertz CT molecular complexity index is 1080. The summed E-state index contributed by atoms with van der Waals surface area (Å²) in [6.45, 7) is 3.19. The molecule has 0 saturated carbocycles. The monoisotopic (exact) mass is 347 g/mol. The number of furan rings is 1. The largest absolute Gasteiger partial charge is 0.486 e. The van der Waals surface area contributed by atoms with Crippen LogP contribution in [0, 0.1) is 6.92 Å². The van der Waals surface area contributed by atoms with E-state index in [2.05, 4.69) is 18.4 Å². The normalized spacial score (nSPS) is 13.1. The Balaban J connectivity index is 1.63. The first kappa shape index (κ1) is 14.9. The topological polar surface area (TPSA) is 60.9 Å². The molecule has 5 rings (SSSR count). The van der Waals surface area contributed by atoms with E-state index in [1.54, 1.807) is 6.26 Å². The third kappa shape index (κ3) is 2.47. The molecule has 0 saturated heterocycles. The van der Waals surface area contributed by atoms with Gasteiger partial charge in [0, 0.05) is 18.0 Å². The predicted octanol–water partition coefficient (Wildman–Crippen LogP) is 4.42. The molecule has 0 amide bonds. The number of aryl methyl sites for hydroxylation is 1. The lowest BCUT2D eigenvalue weighted by Gasteiger charge is -2.19. The zero-order valence-electron chi connectivity index (χ0n) is 14.2. The van der Waals surface area contributed by atoms with Crippen LogP contribution in [0.2, 0.25) is 0 Å². The third-order valence-corrected chi connectivity index (χ3v) is 4.33. The molecule has 4 heterocycles. The summed E-state index contributed by atoms with van der Waals surface area (Å²) < 4.78 is 18.9. The summed E-state index contributed by atoms with van der Waals surface area (Å²) in [6.07, 6.45) is 3.70. The van der Waals surface area contributed by atoms with Crippen LogP contribution in [0.5, 0.6) is 11.5 Å². The average molecular weight is 347 g/mol. The van der Waals surface area contributed by atoms with E-state index < -0.39 is 0 Å². The Morgan fingerprint density at radius 3 is 2.77 bits per heavy atom. The maximum atomic E-state index is 5.69. The van der Waals surface area contributed by atoms with Crippen LogP contribution in [0.1, 0.15) is 5.56 Å². The van der Waals surface area contributed by atoms with Gasteiger partial charge in [0.15, 0.2) is 17.3 Å². The molecule has 1 aliphatic rings. The number of anilines is 2. The molecule has 1 aliphatic heterocycles. The molecule has 1 aromatic carbocycles. The van der Waals surface area contributed by atoms with Crippen LogP contribution < -0.4 is 14.8 Å². The van der Waals surface area contributed by atoms with E-state index >= 15 is 0 Å². The van der Waals surface area contributed by atoms with Crippen molar-refractivity contribution in [1.82, 2.24) is 9.38 Å². The highest BCUT2D eigenvalue weighted by Gasteiger charge is 2.18. The molecule has 0 aliphatic carbocycles. The Kier molecular flexibility index (Phi) is 3.35. The molecule has 6 nitrogen and oxygen atoms in total. The molecule has 0 fully saturated rings. The molecule has 0 atom stereocenters. The van der Waals surface area contributed by atoms with Crippen molar-refractivity contribution in [2.24, 2.45) is 0 Å². The lowest BCUT2D eigenvalue weighted by atomic mass is 10.2. The van der Waals surface area contributed by atoms with Crippen molar-refractivity contribution in [2.75, 3.05) is 18.5 Å². The fourth-order valence-corrected chi connectivity index (χ4v) is 3.11. The maximum absolute atomic E-state index is 5.69. The molecular weight excluding hydrogens is 330 g/mol. The first-order chi connectivity index (χ1) is 12.8. The van der Waals surface area contributed by atoms with Gasteiger partial charge in [-0.15, -0.1) is 0 Å². The van der Waals surface area contributed by atoms with Crippen LogP contribution in [0.4, 0.5) is 11.5 Å². The highest BCUT2D eigenvalue weighted by atomic mass is 16.6. The molecule has 130 valence electrons. The van der Waals surface area contributed by atoms with E-state index in [0.717, 1.165) is 39.9 Å². The van der Waals surface area contributed by atoms with Gasteiger partial charge in [-0.2, -0.15) is 0 Å². The highest BCUT2D eigenvalue weighted by Crippen LogP contribution is 2.36. The van der Waals surface area contributed by atoms with Gasteiger partial charge < -0.3 is 19.2 Å². The van der Waals surface area contributed by atoms with Crippen LogP contribution in [0.3, 0.4) is 0 Å². The molecule has 6 heteroatoms. The molecule has 26 heavy (non-hydrogen) atoms. The number of fused-ring (bicyclic) bond motifs is 2. The van der Waals surface area contributed by atoms with Gasteiger partial charge in [0.1, 0.15) is 30.4 Å². The van der Waals surface area contributed by atoms with Gasteiger partial charge in [-0.1, -0.05) is 6.07 Å². The molecule has 0 unspecified atom stereocenters. The van der Waals surface area contributed by atoms with Crippen molar-refractivity contribution in [3.63, 3.8) is 0 Å². The number of nitrogens with zero attached hydrogens (tertiary/aromatic N) is 2. The summed E-state index contributed by atoms with van der Waals surface area (Å²) in [7, 11) is 0. The fourth-order valence-electron chi connectivity index (χ4n) is 3.11. The van der Waals surface area contributed by atoms with Gasteiger partial charge in [0.2, 0.25) is 0 Å². The Hall–Kier alpha value is -3.41. The van der Waals surface area contributed by atoms with Crippen molar-refractivity contribution in [3.8, 4) is 23.0 Å². The summed E-state index contributed by atoms with van der Waals surface area (Å²) in [4.78, 5) is 4.73. The maximum Gasteiger partial charge on any atom is 0.163 e. The minimum atomic E-state index is 0.558. The summed E-state index contributed by atoms with van der Waals surface area (Å²) in [6, 6.07) is 13.6. The SMILES string of the molecule is Cc1ccc2nc(-c3ccco3)c(Nc3ccc4c(c3)OCCO4)n2c1. The molecule has 3 aromatic heterocycles. The standard InChI is InChI=1S/C20H17N3O3/c1-13-4-7-18-22-19(16-3-2-8-24-16)20(23(18)12-13)21-14-5-6-15-17(11-14)26-10-9-25-15/h2-8,11-12,21H,9-10H2,1H3. The van der Waals surface area contributed by atoms with Crippen LogP contribution in [0.15, 0.2) is 59.3 Å². The zero-order valence-corrected chi connectivity index (χ0v) is 14.2. The van der Waals surface area contributed by atoms with Gasteiger partial charge in [-0.05, 0) is 42.8 Å². The van der Waals surface area contributed by atoms with Gasteiger partial charge in [-0.3, -0.25) is 4.40 Å². The Morgan fingerprint density at radius 2 is 1.92 bits per heavy atom. The van der Waals surface area contributed by atoms with Gasteiger partial charge in [0.25, 0.3) is 0 Å². The highest BCUT2D eigenvalue weighted by molar-refractivity contribution is 5.78. The first-order valence-corrected chi connectivity index (χ1v) is 8.47. The summed E-state index contributed by atoms with van der Waals surface area (Å²) >= 11 is 0. The smallest absolute Gasteiger partial charge is 0.163 e. The van der Waals surface area contributed by atoms with Gasteiger partial charge in [0.05, 0.1) is 6.26 Å². The quantitative estimate of drug-likeness (QED) is 0.594. The van der Waals surface area contributed by atoms with Crippen molar-refractivity contribution < 1.29 is 13.9 Å². The number of nitrogens with one attached hydrogen (secondary N) is 1. The molecule has 0 radical (unpaired) electrons. The summed E-state index contributed by atoms with van der Waals surface area (Å²) in [5.41, 5.74) is 3.65. The lowest BCUT2D eigenvalue weighted by molar-refractivity contribution is 0.171. The second kappa shape index (κ2) is 5.84. The minimum absolute atomic E-state index is 0.558. The number of aromatic nitrogens is 2. The van der Waals surface area contributed by atoms with E-state index in [1.807, 2.05) is 46.9 Å². The predicted molar refractivity (Wildman–Crippen MR) is 98.3 cm³/mol. The molecule has 1 N–H and O–H groups in total. The molecule has 0 bridgehead atoms. The fraction of sp³-hybridized carbons (Fsp3) is 0.150. The first-order valence-electron chi connectivity index (χ1n) is 8.47. The second-order valence-corrected chi connectivity index (χ2v) is 6.20. The number of benzene rings is 1. The Labute approximate surface area is 150 Å². The van der Waals surface area contributed by atoms with E-state index in [4.69, 9.17) is 18.9 Å². The number of pyridine rings is 1. The number of hydrogen-bond donors (Lipinski definition) is 1. The average Bonchev–Trinajstić information content (AvgIpc) is 3.30. The lowest BCUT2D eigenvalue weighted by Crippen LogP contribution is -2.15. The number of ether oxygens (including phenoxy) is 2. The minimum Gasteiger partial charge on any atom is -0.486 e. The van der Waals surface area contributed by atoms with E-state index in [9.17, 15) is 0 Å². The second-order valence-electron chi connectivity index (χ2n) is 6.20. The van der Waals surface area contributed by atoms with Crippen molar-refractivity contribution in [2.45, 2.75) is 6.92 Å². The van der Waals surface area contributed by atoms with Gasteiger partial charge in [-0.25, -0.2) is 4.98 Å². The van der Waals surface area contributed by atoms with Crippen LogP contribution in [-0.4, -0.2) is 22.6 Å². The van der Waals surface area contributed by atoms with E-state index in [1.165, 1.54) is 0 Å². The number of hydrogen-bond acceptors (Lipinski definition) is 5. The number of rotatable bonds is 3. The summed E-state index contributed by atoms with van der Waals surface area (Å²) in [5.74, 6) is 3.06. The zero-order chi connectivity index (χ0) is 17.5. The van der Waals surface area contributed by atoms with Crippen LogP contribution in [-0.2, 0) is 0 Å². The molecule has 4 aromatic rings. The van der Waals surface area contributed by atoms with Crippen LogP contribution in [0.25, 0.3) is 17.1 Å². The van der Waals surface area contributed by atoms with Gasteiger partial charge >= 0.3 is 0 Å². The van der Waals surface area contributed by atoms with E-state index in [-0.39, 0.29) is 0 Å². The van der Waals surface area contributed by atoms with Crippen LogP contribution >= 0.6 is 0 Å². The molecule has 0 spiro atoms. The molecular formula is C20H17N3O3. The third-order valence-electron chi connectivity index (χ3n) is 4.33. The number of imidazole rings is 1.